The Balaban J connectivity index is 1.94. The lowest BCUT2D eigenvalue weighted by Gasteiger charge is -2.07. The van der Waals surface area contributed by atoms with Crippen molar-refractivity contribution in [2.24, 2.45) is 0 Å². The largest absolute Gasteiger partial charge is 0.481 e. The van der Waals surface area contributed by atoms with E-state index >= 15 is 0 Å². The number of nitrogens with zero attached hydrogens (tertiary/aromatic N) is 2. The van der Waals surface area contributed by atoms with E-state index in [0.717, 1.165) is 5.69 Å². The highest BCUT2D eigenvalue weighted by molar-refractivity contribution is 5.44. The third-order valence-electron chi connectivity index (χ3n) is 2.86. The van der Waals surface area contributed by atoms with Crippen LogP contribution in [0.1, 0.15) is 5.56 Å². The molecule has 0 unspecified atom stereocenters. The lowest BCUT2D eigenvalue weighted by Crippen LogP contribution is -2.06. The van der Waals surface area contributed by atoms with Gasteiger partial charge < -0.3 is 10.1 Å². The van der Waals surface area contributed by atoms with Crippen LogP contribution in [-0.2, 0) is 6.42 Å². The maximum atomic E-state index is 10.9. The lowest BCUT2D eigenvalue weighted by molar-refractivity contribution is -0.385. The van der Waals surface area contributed by atoms with E-state index in [9.17, 15) is 10.1 Å². The molecule has 6 heteroatoms. The molecule has 2 rings (SSSR count). The number of ether oxygens (including phenoxy) is 1. The summed E-state index contributed by atoms with van der Waals surface area (Å²) in [5.74, 6) is 0.550. The molecule has 0 radical (unpaired) electrons. The van der Waals surface area contributed by atoms with Gasteiger partial charge in [-0.2, -0.15) is 0 Å². The highest BCUT2D eigenvalue weighted by atomic mass is 16.6. The molecule has 0 aliphatic rings. The second-order valence-electron chi connectivity index (χ2n) is 4.15. The van der Waals surface area contributed by atoms with Crippen molar-refractivity contribution in [3.8, 4) is 5.88 Å². The predicted octanol–water partition coefficient (Wildman–Crippen LogP) is 2.65. The smallest absolute Gasteiger partial charge is 0.272 e. The monoisotopic (exact) mass is 273 g/mol. The number of para-hydroxylation sites is 1. The van der Waals surface area contributed by atoms with E-state index in [1.54, 1.807) is 37.6 Å². The Morgan fingerprint density at radius 3 is 2.75 bits per heavy atom. The Labute approximate surface area is 116 Å². The van der Waals surface area contributed by atoms with Crippen molar-refractivity contribution in [3.05, 3.63) is 58.3 Å². The van der Waals surface area contributed by atoms with Crippen LogP contribution in [0.3, 0.4) is 0 Å². The van der Waals surface area contributed by atoms with E-state index in [1.807, 2.05) is 6.07 Å². The maximum absolute atomic E-state index is 10.9. The number of nitro benzene ring substituents is 1. The first kappa shape index (κ1) is 13.8. The van der Waals surface area contributed by atoms with E-state index in [1.165, 1.54) is 6.07 Å². The van der Waals surface area contributed by atoms with Gasteiger partial charge in [0.15, 0.2) is 0 Å². The number of methoxy groups -OCH3 is 1. The Hall–Kier alpha value is -2.63. The van der Waals surface area contributed by atoms with E-state index in [-0.39, 0.29) is 10.6 Å². The predicted molar refractivity (Wildman–Crippen MR) is 76.1 cm³/mol. The Morgan fingerprint density at radius 1 is 1.30 bits per heavy atom. The lowest BCUT2D eigenvalue weighted by atomic mass is 10.1. The minimum atomic E-state index is -0.357. The molecular formula is C14H15N3O3. The fourth-order valence-corrected chi connectivity index (χ4v) is 1.85. The van der Waals surface area contributed by atoms with Crippen LogP contribution >= 0.6 is 0 Å². The SMILES string of the molecule is COc1ccc(NCCc2ccccc2[N+](=O)[O-])cn1. The van der Waals surface area contributed by atoms with Crippen LogP contribution in [0.25, 0.3) is 0 Å². The van der Waals surface area contributed by atoms with Gasteiger partial charge in [0, 0.05) is 24.2 Å². The highest BCUT2D eigenvalue weighted by Crippen LogP contribution is 2.18. The molecule has 104 valence electrons. The van der Waals surface area contributed by atoms with Gasteiger partial charge in [-0.15, -0.1) is 0 Å². The van der Waals surface area contributed by atoms with Crippen molar-refractivity contribution < 1.29 is 9.66 Å². The number of nitro groups is 1. The molecule has 0 spiro atoms. The summed E-state index contributed by atoms with van der Waals surface area (Å²) in [5.41, 5.74) is 1.72. The van der Waals surface area contributed by atoms with Gasteiger partial charge in [0.25, 0.3) is 5.69 Å². The van der Waals surface area contributed by atoms with E-state index < -0.39 is 0 Å². The minimum Gasteiger partial charge on any atom is -0.481 e. The molecule has 0 fully saturated rings. The summed E-state index contributed by atoms with van der Waals surface area (Å²) in [5, 5.41) is 14.1. The van der Waals surface area contributed by atoms with Crippen LogP contribution in [-0.4, -0.2) is 23.6 Å². The van der Waals surface area contributed by atoms with E-state index in [0.29, 0.717) is 24.4 Å². The molecule has 1 heterocycles. The van der Waals surface area contributed by atoms with Gasteiger partial charge in [0.05, 0.1) is 23.9 Å². The van der Waals surface area contributed by atoms with Gasteiger partial charge in [0.1, 0.15) is 0 Å². The van der Waals surface area contributed by atoms with Gasteiger partial charge >= 0.3 is 0 Å². The van der Waals surface area contributed by atoms with Gasteiger partial charge in [0.2, 0.25) is 5.88 Å². The molecule has 1 aromatic carbocycles. The molecule has 20 heavy (non-hydrogen) atoms. The van der Waals surface area contributed by atoms with Crippen molar-refractivity contribution >= 4 is 11.4 Å². The number of rotatable bonds is 6. The second kappa shape index (κ2) is 6.51. The quantitative estimate of drug-likeness (QED) is 0.646. The number of benzene rings is 1. The molecule has 0 saturated carbocycles. The molecule has 0 saturated heterocycles. The molecule has 0 amide bonds. The Kier molecular flexibility index (Phi) is 4.49. The van der Waals surface area contributed by atoms with Gasteiger partial charge in [-0.3, -0.25) is 10.1 Å². The first-order valence-electron chi connectivity index (χ1n) is 6.17. The first-order chi connectivity index (χ1) is 9.70. The van der Waals surface area contributed by atoms with Crippen molar-refractivity contribution in [2.75, 3.05) is 19.0 Å². The zero-order valence-electron chi connectivity index (χ0n) is 11.1. The molecule has 2 aromatic rings. The number of hydrogen-bond donors (Lipinski definition) is 1. The summed E-state index contributed by atoms with van der Waals surface area (Å²) >= 11 is 0. The number of anilines is 1. The van der Waals surface area contributed by atoms with Gasteiger partial charge in [-0.1, -0.05) is 18.2 Å². The summed E-state index contributed by atoms with van der Waals surface area (Å²) in [6.07, 6.45) is 2.24. The standard InChI is InChI=1S/C14H15N3O3/c1-20-14-7-6-12(10-16-14)15-9-8-11-4-2-3-5-13(11)17(18)19/h2-7,10,15H,8-9H2,1H3. The number of aromatic nitrogens is 1. The summed E-state index contributed by atoms with van der Waals surface area (Å²) in [7, 11) is 1.56. The van der Waals surface area contributed by atoms with Crippen LogP contribution in [0.15, 0.2) is 42.6 Å². The minimum absolute atomic E-state index is 0.155. The second-order valence-corrected chi connectivity index (χ2v) is 4.15. The zero-order valence-corrected chi connectivity index (χ0v) is 11.1. The topological polar surface area (TPSA) is 77.3 Å². The fourth-order valence-electron chi connectivity index (χ4n) is 1.85. The van der Waals surface area contributed by atoms with Crippen molar-refractivity contribution in [3.63, 3.8) is 0 Å². The van der Waals surface area contributed by atoms with Crippen molar-refractivity contribution in [1.82, 2.24) is 4.98 Å². The number of hydrogen-bond acceptors (Lipinski definition) is 5. The normalized spacial score (nSPS) is 10.1. The van der Waals surface area contributed by atoms with Crippen LogP contribution < -0.4 is 10.1 Å². The molecule has 0 bridgehead atoms. The summed E-state index contributed by atoms with van der Waals surface area (Å²) < 4.78 is 4.97. The first-order valence-corrected chi connectivity index (χ1v) is 6.17. The maximum Gasteiger partial charge on any atom is 0.272 e. The molecule has 0 aliphatic heterocycles. The highest BCUT2D eigenvalue weighted by Gasteiger charge is 2.11. The summed E-state index contributed by atoms with van der Waals surface area (Å²) in [4.78, 5) is 14.6. The molecular weight excluding hydrogens is 258 g/mol. The van der Waals surface area contributed by atoms with Crippen LogP contribution in [0, 0.1) is 10.1 Å². The third-order valence-corrected chi connectivity index (χ3v) is 2.86. The van der Waals surface area contributed by atoms with E-state index in [2.05, 4.69) is 10.3 Å². The van der Waals surface area contributed by atoms with Gasteiger partial charge in [-0.05, 0) is 12.5 Å². The third kappa shape index (κ3) is 3.44. The average Bonchev–Trinajstić information content (AvgIpc) is 2.48. The van der Waals surface area contributed by atoms with Crippen LogP contribution in [0.5, 0.6) is 5.88 Å². The molecule has 0 aliphatic carbocycles. The fraction of sp³-hybridized carbons (Fsp3) is 0.214. The molecule has 1 N–H and O–H groups in total. The molecule has 6 nitrogen and oxygen atoms in total. The Bertz CT molecular complexity index is 584. The molecule has 1 aromatic heterocycles. The Morgan fingerprint density at radius 2 is 2.10 bits per heavy atom. The van der Waals surface area contributed by atoms with E-state index in [4.69, 9.17) is 4.74 Å². The van der Waals surface area contributed by atoms with Crippen molar-refractivity contribution in [2.45, 2.75) is 6.42 Å². The zero-order chi connectivity index (χ0) is 14.4. The summed E-state index contributed by atoms with van der Waals surface area (Å²) in [6.45, 7) is 0.596. The molecule has 0 atom stereocenters. The van der Waals surface area contributed by atoms with Gasteiger partial charge in [-0.25, -0.2) is 4.98 Å². The summed E-state index contributed by atoms with van der Waals surface area (Å²) in [6, 6.07) is 10.4. The van der Waals surface area contributed by atoms with Crippen LogP contribution in [0.4, 0.5) is 11.4 Å². The van der Waals surface area contributed by atoms with Crippen LogP contribution in [0.2, 0.25) is 0 Å². The number of nitrogens with one attached hydrogen (secondary N) is 1. The van der Waals surface area contributed by atoms with Crippen molar-refractivity contribution in [1.29, 1.82) is 0 Å². The average molecular weight is 273 g/mol. The number of pyridine rings is 1.